The number of rotatable bonds is 2. The zero-order valence-electron chi connectivity index (χ0n) is 9.76. The molecule has 1 aromatic carbocycles. The van der Waals surface area contributed by atoms with E-state index in [-0.39, 0.29) is 5.75 Å². The van der Waals surface area contributed by atoms with E-state index in [1.165, 1.54) is 0 Å². The van der Waals surface area contributed by atoms with Crippen molar-refractivity contribution in [2.75, 3.05) is 0 Å². The molecule has 0 amide bonds. The normalized spacial score (nSPS) is 13.3. The van der Waals surface area contributed by atoms with Gasteiger partial charge in [0.15, 0.2) is 12.1 Å². The van der Waals surface area contributed by atoms with Crippen LogP contribution in [0.4, 0.5) is 0 Å². The summed E-state index contributed by atoms with van der Waals surface area (Å²) in [7, 11) is 0. The molecule has 0 aliphatic heterocycles. The van der Waals surface area contributed by atoms with Gasteiger partial charge in [-0.3, -0.25) is 4.79 Å². The van der Waals surface area contributed by atoms with Gasteiger partial charge in [-0.15, -0.1) is 0 Å². The predicted molar refractivity (Wildman–Crippen MR) is 66.5 cm³/mol. The maximum atomic E-state index is 11.1. The fourth-order valence-electron chi connectivity index (χ4n) is 2.30. The van der Waals surface area contributed by atoms with Crippen LogP contribution in [0.1, 0.15) is 28.2 Å². The van der Waals surface area contributed by atoms with E-state index in [1.54, 1.807) is 24.3 Å². The second-order valence-corrected chi connectivity index (χ2v) is 4.38. The molecule has 0 saturated carbocycles. The van der Waals surface area contributed by atoms with Crippen molar-refractivity contribution in [1.82, 2.24) is 9.97 Å². The molecule has 1 aromatic heterocycles. The summed E-state index contributed by atoms with van der Waals surface area (Å²) >= 11 is 0. The molecule has 4 nitrogen and oxygen atoms in total. The van der Waals surface area contributed by atoms with E-state index in [1.807, 2.05) is 0 Å². The molecule has 0 saturated heterocycles. The number of phenols is 1. The highest BCUT2D eigenvalue weighted by molar-refractivity contribution is 5.76. The minimum absolute atomic E-state index is 0.204. The number of benzene rings is 1. The molecule has 1 aliphatic rings. The summed E-state index contributed by atoms with van der Waals surface area (Å²) in [5, 5.41) is 9.26. The Morgan fingerprint density at radius 3 is 2.61 bits per heavy atom. The molecule has 2 aromatic rings. The molecule has 0 atom stereocenters. The van der Waals surface area contributed by atoms with Gasteiger partial charge in [-0.05, 0) is 43.5 Å². The quantitative estimate of drug-likeness (QED) is 0.817. The van der Waals surface area contributed by atoms with E-state index in [2.05, 4.69) is 9.97 Å². The zero-order valence-corrected chi connectivity index (χ0v) is 9.76. The molecular formula is C14H12N2O2. The fourth-order valence-corrected chi connectivity index (χ4v) is 2.30. The molecular weight excluding hydrogens is 228 g/mol. The van der Waals surface area contributed by atoms with Gasteiger partial charge in [-0.2, -0.15) is 0 Å². The first-order chi connectivity index (χ1) is 8.78. The van der Waals surface area contributed by atoms with Crippen LogP contribution in [0.5, 0.6) is 5.75 Å². The van der Waals surface area contributed by atoms with Crippen LogP contribution in [0.15, 0.2) is 24.3 Å². The van der Waals surface area contributed by atoms with Gasteiger partial charge in [0, 0.05) is 16.8 Å². The number of nitrogens with zero attached hydrogens (tertiary/aromatic N) is 2. The summed E-state index contributed by atoms with van der Waals surface area (Å²) in [4.78, 5) is 19.9. The third-order valence-corrected chi connectivity index (χ3v) is 3.20. The monoisotopic (exact) mass is 240 g/mol. The SMILES string of the molecule is O=Cc1nc(-c2ccc(O)cc2)nc2c1CCC2. The molecule has 1 heterocycles. The van der Waals surface area contributed by atoms with Crippen molar-refractivity contribution in [2.45, 2.75) is 19.3 Å². The van der Waals surface area contributed by atoms with Crippen molar-refractivity contribution in [3.05, 3.63) is 41.2 Å². The molecule has 3 rings (SSSR count). The van der Waals surface area contributed by atoms with Crippen LogP contribution in [0.25, 0.3) is 11.4 Å². The summed E-state index contributed by atoms with van der Waals surface area (Å²) in [6, 6.07) is 6.68. The zero-order chi connectivity index (χ0) is 12.5. The number of hydrogen-bond donors (Lipinski definition) is 1. The van der Waals surface area contributed by atoms with E-state index in [0.29, 0.717) is 11.5 Å². The molecule has 0 fully saturated rings. The van der Waals surface area contributed by atoms with E-state index in [9.17, 15) is 9.90 Å². The second-order valence-electron chi connectivity index (χ2n) is 4.38. The van der Waals surface area contributed by atoms with Crippen LogP contribution in [0, 0.1) is 0 Å². The van der Waals surface area contributed by atoms with E-state index >= 15 is 0 Å². The van der Waals surface area contributed by atoms with Crippen LogP contribution >= 0.6 is 0 Å². The lowest BCUT2D eigenvalue weighted by Crippen LogP contribution is -2.02. The molecule has 0 unspecified atom stereocenters. The number of carbonyl (C=O) groups excluding carboxylic acids is 1. The van der Waals surface area contributed by atoms with Crippen molar-refractivity contribution in [2.24, 2.45) is 0 Å². The van der Waals surface area contributed by atoms with Crippen molar-refractivity contribution in [3.63, 3.8) is 0 Å². The van der Waals surface area contributed by atoms with E-state index in [4.69, 9.17) is 0 Å². The summed E-state index contributed by atoms with van der Waals surface area (Å²) in [5.41, 5.74) is 3.29. The van der Waals surface area contributed by atoms with Gasteiger partial charge >= 0.3 is 0 Å². The first-order valence-corrected chi connectivity index (χ1v) is 5.92. The van der Waals surface area contributed by atoms with Crippen molar-refractivity contribution in [3.8, 4) is 17.1 Å². The first kappa shape index (κ1) is 10.9. The molecule has 1 N–H and O–H groups in total. The van der Waals surface area contributed by atoms with Gasteiger partial charge in [-0.1, -0.05) is 0 Å². The molecule has 0 spiro atoms. The molecule has 18 heavy (non-hydrogen) atoms. The van der Waals surface area contributed by atoms with Gasteiger partial charge < -0.3 is 5.11 Å². The highest BCUT2D eigenvalue weighted by atomic mass is 16.3. The largest absolute Gasteiger partial charge is 0.508 e. The number of aldehydes is 1. The molecule has 0 radical (unpaired) electrons. The van der Waals surface area contributed by atoms with Gasteiger partial charge in [0.25, 0.3) is 0 Å². The Morgan fingerprint density at radius 2 is 1.89 bits per heavy atom. The standard InChI is InChI=1S/C14H12N2O2/c17-8-13-11-2-1-3-12(11)15-14(16-13)9-4-6-10(18)7-5-9/h4-8,18H,1-3H2. The average molecular weight is 240 g/mol. The Labute approximate surface area is 104 Å². The summed E-state index contributed by atoms with van der Waals surface area (Å²) in [5.74, 6) is 0.758. The fraction of sp³-hybridized carbons (Fsp3) is 0.214. The van der Waals surface area contributed by atoms with Crippen LogP contribution in [-0.2, 0) is 12.8 Å². The third-order valence-electron chi connectivity index (χ3n) is 3.20. The topological polar surface area (TPSA) is 63.1 Å². The highest BCUT2D eigenvalue weighted by Crippen LogP contribution is 2.26. The van der Waals surface area contributed by atoms with Gasteiger partial charge in [-0.25, -0.2) is 9.97 Å². The predicted octanol–water partition coefficient (Wildman–Crippen LogP) is 2.15. The summed E-state index contributed by atoms with van der Waals surface area (Å²) < 4.78 is 0. The number of aromatic hydroxyl groups is 1. The second kappa shape index (κ2) is 4.22. The lowest BCUT2D eigenvalue weighted by molar-refractivity contribution is 0.111. The maximum Gasteiger partial charge on any atom is 0.168 e. The first-order valence-electron chi connectivity index (χ1n) is 5.92. The Kier molecular flexibility index (Phi) is 2.55. The average Bonchev–Trinajstić information content (AvgIpc) is 2.86. The van der Waals surface area contributed by atoms with Crippen LogP contribution in [-0.4, -0.2) is 21.4 Å². The Morgan fingerprint density at radius 1 is 1.11 bits per heavy atom. The lowest BCUT2D eigenvalue weighted by atomic mass is 10.1. The minimum Gasteiger partial charge on any atom is -0.508 e. The van der Waals surface area contributed by atoms with Gasteiger partial charge in [0.1, 0.15) is 11.4 Å². The van der Waals surface area contributed by atoms with Crippen molar-refractivity contribution < 1.29 is 9.90 Å². The van der Waals surface area contributed by atoms with E-state index < -0.39 is 0 Å². The Bertz CT molecular complexity index is 606. The van der Waals surface area contributed by atoms with Crippen molar-refractivity contribution in [1.29, 1.82) is 0 Å². The number of aryl methyl sites for hydroxylation is 1. The van der Waals surface area contributed by atoms with Crippen LogP contribution in [0.2, 0.25) is 0 Å². The van der Waals surface area contributed by atoms with Gasteiger partial charge in [0.2, 0.25) is 0 Å². The number of aromatic nitrogens is 2. The van der Waals surface area contributed by atoms with Gasteiger partial charge in [0.05, 0.1) is 0 Å². The van der Waals surface area contributed by atoms with Crippen LogP contribution in [0.3, 0.4) is 0 Å². The number of phenolic OH excluding ortho intramolecular Hbond substituents is 1. The Balaban J connectivity index is 2.13. The third kappa shape index (κ3) is 1.76. The molecule has 90 valence electrons. The van der Waals surface area contributed by atoms with E-state index in [0.717, 1.165) is 42.4 Å². The summed E-state index contributed by atoms with van der Waals surface area (Å²) in [6.45, 7) is 0. The summed E-state index contributed by atoms with van der Waals surface area (Å²) in [6.07, 6.45) is 3.63. The smallest absolute Gasteiger partial charge is 0.168 e. The number of fused-ring (bicyclic) bond motifs is 1. The number of hydrogen-bond acceptors (Lipinski definition) is 4. The van der Waals surface area contributed by atoms with Crippen LogP contribution < -0.4 is 0 Å². The Hall–Kier alpha value is -2.23. The molecule has 1 aliphatic carbocycles. The maximum absolute atomic E-state index is 11.1. The molecule has 4 heteroatoms. The lowest BCUT2D eigenvalue weighted by Gasteiger charge is -2.06. The molecule has 0 bridgehead atoms. The minimum atomic E-state index is 0.204. The highest BCUT2D eigenvalue weighted by Gasteiger charge is 2.19. The van der Waals surface area contributed by atoms with Crippen molar-refractivity contribution >= 4 is 6.29 Å². The number of carbonyl (C=O) groups is 1.